The third kappa shape index (κ3) is 2.82. The van der Waals surface area contributed by atoms with Crippen LogP contribution in [0.4, 0.5) is 14.5 Å². The van der Waals surface area contributed by atoms with E-state index in [0.717, 1.165) is 6.07 Å². The van der Waals surface area contributed by atoms with E-state index < -0.39 is 11.6 Å². The van der Waals surface area contributed by atoms with Crippen LogP contribution < -0.4 is 11.5 Å². The lowest BCUT2D eigenvalue weighted by atomic mass is 10.0. The maximum Gasteiger partial charge on any atom is 0.164 e. The van der Waals surface area contributed by atoms with Gasteiger partial charge in [-0.2, -0.15) is 0 Å². The molecule has 0 aromatic heterocycles. The van der Waals surface area contributed by atoms with Crippen LogP contribution in [0.2, 0.25) is 0 Å². The van der Waals surface area contributed by atoms with Crippen LogP contribution >= 0.6 is 12.4 Å². The van der Waals surface area contributed by atoms with Gasteiger partial charge in [-0.25, -0.2) is 8.78 Å². The highest BCUT2D eigenvalue weighted by Gasteiger charge is 2.12. The van der Waals surface area contributed by atoms with Crippen LogP contribution in [0.3, 0.4) is 0 Å². The van der Waals surface area contributed by atoms with Gasteiger partial charge in [0.25, 0.3) is 0 Å². The zero-order chi connectivity index (χ0) is 10.0. The Morgan fingerprint density at radius 2 is 1.93 bits per heavy atom. The zero-order valence-electron chi connectivity index (χ0n) is 7.76. The third-order valence-corrected chi connectivity index (χ3v) is 1.76. The van der Waals surface area contributed by atoms with Crippen molar-refractivity contribution in [3.8, 4) is 0 Å². The number of anilines is 1. The van der Waals surface area contributed by atoms with E-state index in [1.165, 1.54) is 6.07 Å². The van der Waals surface area contributed by atoms with Crippen molar-refractivity contribution in [3.63, 3.8) is 0 Å². The first-order chi connectivity index (χ1) is 6.02. The van der Waals surface area contributed by atoms with Gasteiger partial charge in [-0.15, -0.1) is 12.4 Å². The molecule has 0 fully saturated rings. The van der Waals surface area contributed by atoms with Crippen LogP contribution in [0.25, 0.3) is 0 Å². The van der Waals surface area contributed by atoms with Crippen molar-refractivity contribution in [2.75, 3.05) is 5.73 Å². The van der Waals surface area contributed by atoms with E-state index in [1.807, 2.05) is 0 Å². The second-order valence-electron chi connectivity index (χ2n) is 3.11. The topological polar surface area (TPSA) is 52.0 Å². The summed E-state index contributed by atoms with van der Waals surface area (Å²) in [5.74, 6) is -1.78. The molecule has 1 rings (SSSR count). The molecule has 1 atom stereocenters. The highest BCUT2D eigenvalue weighted by molar-refractivity contribution is 5.85. The van der Waals surface area contributed by atoms with E-state index >= 15 is 0 Å². The molecule has 5 heteroatoms. The van der Waals surface area contributed by atoms with Gasteiger partial charge in [-0.1, -0.05) is 0 Å². The minimum absolute atomic E-state index is 0. The maximum atomic E-state index is 13.1. The largest absolute Gasteiger partial charge is 0.398 e. The SMILES string of the molecule is CC(N)Cc1c(N)ccc(F)c1F.Cl. The van der Waals surface area contributed by atoms with Crippen molar-refractivity contribution < 1.29 is 8.78 Å². The summed E-state index contributed by atoms with van der Waals surface area (Å²) >= 11 is 0. The molecule has 0 bridgehead atoms. The normalized spacial score (nSPS) is 12.0. The number of hydrogen-bond acceptors (Lipinski definition) is 2. The average Bonchev–Trinajstić information content (AvgIpc) is 2.05. The van der Waals surface area contributed by atoms with Gasteiger partial charge in [0.1, 0.15) is 0 Å². The second-order valence-corrected chi connectivity index (χ2v) is 3.11. The molecular weight excluding hydrogens is 210 g/mol. The second kappa shape index (κ2) is 5.12. The first-order valence-electron chi connectivity index (χ1n) is 4.00. The Labute approximate surface area is 87.7 Å². The Bertz CT molecular complexity index is 316. The molecule has 0 amide bonds. The van der Waals surface area contributed by atoms with E-state index in [0.29, 0.717) is 0 Å². The molecule has 0 aliphatic carbocycles. The van der Waals surface area contributed by atoms with E-state index in [1.54, 1.807) is 6.92 Å². The molecule has 0 aliphatic rings. The monoisotopic (exact) mass is 222 g/mol. The number of benzene rings is 1. The highest BCUT2D eigenvalue weighted by atomic mass is 35.5. The van der Waals surface area contributed by atoms with Crippen molar-refractivity contribution >= 4 is 18.1 Å². The van der Waals surface area contributed by atoms with Gasteiger partial charge >= 0.3 is 0 Å². The fraction of sp³-hybridized carbons (Fsp3) is 0.333. The quantitative estimate of drug-likeness (QED) is 0.751. The van der Waals surface area contributed by atoms with Gasteiger partial charge < -0.3 is 11.5 Å². The fourth-order valence-electron chi connectivity index (χ4n) is 1.14. The van der Waals surface area contributed by atoms with Crippen LogP contribution in [0, 0.1) is 11.6 Å². The van der Waals surface area contributed by atoms with Gasteiger partial charge in [-0.05, 0) is 25.5 Å². The smallest absolute Gasteiger partial charge is 0.164 e. The van der Waals surface area contributed by atoms with Crippen LogP contribution in [0.1, 0.15) is 12.5 Å². The van der Waals surface area contributed by atoms with Crippen LogP contribution in [-0.2, 0) is 6.42 Å². The molecule has 14 heavy (non-hydrogen) atoms. The third-order valence-electron chi connectivity index (χ3n) is 1.76. The van der Waals surface area contributed by atoms with E-state index in [2.05, 4.69) is 0 Å². The van der Waals surface area contributed by atoms with Crippen molar-refractivity contribution in [3.05, 3.63) is 29.3 Å². The summed E-state index contributed by atoms with van der Waals surface area (Å²) < 4.78 is 25.9. The molecule has 1 unspecified atom stereocenters. The van der Waals surface area contributed by atoms with Gasteiger partial charge in [0, 0.05) is 17.3 Å². The Morgan fingerprint density at radius 3 is 2.43 bits per heavy atom. The summed E-state index contributed by atoms with van der Waals surface area (Å²) in [6.45, 7) is 1.71. The number of halogens is 3. The summed E-state index contributed by atoms with van der Waals surface area (Å²) in [6.07, 6.45) is 0.245. The van der Waals surface area contributed by atoms with Crippen molar-refractivity contribution in [2.45, 2.75) is 19.4 Å². The number of nitrogen functional groups attached to an aromatic ring is 1. The summed E-state index contributed by atoms with van der Waals surface area (Å²) in [5.41, 5.74) is 11.4. The lowest BCUT2D eigenvalue weighted by molar-refractivity contribution is 0.496. The first kappa shape index (κ1) is 13.1. The minimum Gasteiger partial charge on any atom is -0.398 e. The average molecular weight is 223 g/mol. The summed E-state index contributed by atoms with van der Waals surface area (Å²) in [5, 5.41) is 0. The van der Waals surface area contributed by atoms with Crippen LogP contribution in [0.5, 0.6) is 0 Å². The molecule has 1 aromatic rings. The molecule has 80 valence electrons. The maximum absolute atomic E-state index is 13.1. The lowest BCUT2D eigenvalue weighted by Gasteiger charge is -2.09. The highest BCUT2D eigenvalue weighted by Crippen LogP contribution is 2.19. The molecule has 2 nitrogen and oxygen atoms in total. The molecule has 0 heterocycles. The minimum atomic E-state index is -0.891. The Hall–Kier alpha value is -0.870. The molecule has 0 saturated heterocycles. The number of hydrogen-bond donors (Lipinski definition) is 2. The molecule has 0 radical (unpaired) electrons. The van der Waals surface area contributed by atoms with E-state index in [9.17, 15) is 8.78 Å². The summed E-state index contributed by atoms with van der Waals surface area (Å²) in [4.78, 5) is 0. The Morgan fingerprint density at radius 1 is 1.36 bits per heavy atom. The lowest BCUT2D eigenvalue weighted by Crippen LogP contribution is -2.19. The van der Waals surface area contributed by atoms with Crippen molar-refractivity contribution in [2.24, 2.45) is 5.73 Å². The molecular formula is C9H13ClF2N2. The Kier molecular flexibility index (Phi) is 4.80. The van der Waals surface area contributed by atoms with Crippen molar-refractivity contribution in [1.82, 2.24) is 0 Å². The Balaban J connectivity index is 0.00000169. The number of rotatable bonds is 2. The predicted octanol–water partition coefficient (Wildman–Crippen LogP) is 1.86. The van der Waals surface area contributed by atoms with Crippen LogP contribution in [0.15, 0.2) is 12.1 Å². The molecule has 4 N–H and O–H groups in total. The molecule has 0 aliphatic heterocycles. The first-order valence-corrected chi connectivity index (χ1v) is 4.00. The van der Waals surface area contributed by atoms with Gasteiger partial charge in [0.05, 0.1) is 0 Å². The molecule has 0 saturated carbocycles. The van der Waals surface area contributed by atoms with Gasteiger partial charge in [0.2, 0.25) is 0 Å². The standard InChI is InChI=1S/C9H12F2N2.ClH/c1-5(12)4-6-8(13)3-2-7(10)9(6)11;/h2-3,5H,4,12-13H2,1H3;1H. The van der Waals surface area contributed by atoms with E-state index in [-0.39, 0.29) is 36.1 Å². The summed E-state index contributed by atoms with van der Waals surface area (Å²) in [7, 11) is 0. The predicted molar refractivity (Wildman–Crippen MR) is 55.4 cm³/mol. The van der Waals surface area contributed by atoms with E-state index in [4.69, 9.17) is 11.5 Å². The van der Waals surface area contributed by atoms with Crippen LogP contribution in [-0.4, -0.2) is 6.04 Å². The number of nitrogens with two attached hydrogens (primary N) is 2. The molecule has 0 spiro atoms. The summed E-state index contributed by atoms with van der Waals surface area (Å²) in [6, 6.07) is 2.12. The van der Waals surface area contributed by atoms with Gasteiger partial charge in [0.15, 0.2) is 11.6 Å². The van der Waals surface area contributed by atoms with Crippen molar-refractivity contribution in [1.29, 1.82) is 0 Å². The molecule has 1 aromatic carbocycles. The fourth-order valence-corrected chi connectivity index (χ4v) is 1.14. The zero-order valence-corrected chi connectivity index (χ0v) is 8.57. The van der Waals surface area contributed by atoms with Gasteiger partial charge in [-0.3, -0.25) is 0 Å².